The summed E-state index contributed by atoms with van der Waals surface area (Å²) in [5, 5.41) is 12.2. The summed E-state index contributed by atoms with van der Waals surface area (Å²) in [5.74, 6) is 1.000. The fourth-order valence-corrected chi connectivity index (χ4v) is 3.38. The molecule has 1 rings (SSSR count). The van der Waals surface area contributed by atoms with Gasteiger partial charge in [0.15, 0.2) is 5.84 Å². The number of hydrogen-bond acceptors (Lipinski definition) is 3. The number of carbonyl (C=O) groups is 1. The van der Waals surface area contributed by atoms with E-state index in [1.54, 1.807) is 0 Å². The Balaban J connectivity index is 3.12. The van der Waals surface area contributed by atoms with Crippen molar-refractivity contribution in [3.8, 4) is 0 Å². The van der Waals surface area contributed by atoms with Crippen LogP contribution < -0.4 is 5.73 Å². The van der Waals surface area contributed by atoms with E-state index in [0.29, 0.717) is 24.7 Å². The Kier molecular flexibility index (Phi) is 5.42. The number of likely N-dealkylation sites (tertiary alicyclic amines) is 1. The standard InChI is InChI=1S/C15H29N3O2/c1-6-15(7-2,13(16)17-20)14(19)18-9-10(3)8-11(4)12(18)5/h10-12,20H,6-9H2,1-5H3,(H2,16,17). The molecule has 116 valence electrons. The third kappa shape index (κ3) is 2.76. The van der Waals surface area contributed by atoms with Gasteiger partial charge in [0.25, 0.3) is 0 Å². The Morgan fingerprint density at radius 2 is 1.90 bits per heavy atom. The van der Waals surface area contributed by atoms with Crippen molar-refractivity contribution >= 4 is 11.7 Å². The Bertz CT molecular complexity index is 377. The van der Waals surface area contributed by atoms with E-state index in [1.807, 2.05) is 18.7 Å². The molecule has 5 heteroatoms. The summed E-state index contributed by atoms with van der Waals surface area (Å²) in [7, 11) is 0. The van der Waals surface area contributed by atoms with Gasteiger partial charge in [0.1, 0.15) is 5.41 Å². The fraction of sp³-hybridized carbons (Fsp3) is 0.867. The van der Waals surface area contributed by atoms with Crippen LogP contribution in [0.1, 0.15) is 53.9 Å². The lowest BCUT2D eigenvalue weighted by Gasteiger charge is -2.45. The van der Waals surface area contributed by atoms with Crippen molar-refractivity contribution in [2.45, 2.75) is 59.9 Å². The highest BCUT2D eigenvalue weighted by Gasteiger charge is 2.45. The molecule has 1 heterocycles. The average Bonchev–Trinajstić information content (AvgIpc) is 2.44. The van der Waals surface area contributed by atoms with Crippen molar-refractivity contribution in [2.75, 3.05) is 6.54 Å². The first kappa shape index (κ1) is 16.8. The molecule has 0 saturated carbocycles. The van der Waals surface area contributed by atoms with Gasteiger partial charge < -0.3 is 15.8 Å². The molecule has 3 N–H and O–H groups in total. The zero-order valence-electron chi connectivity index (χ0n) is 13.4. The van der Waals surface area contributed by atoms with Crippen LogP contribution in [0.4, 0.5) is 0 Å². The first-order valence-electron chi connectivity index (χ1n) is 7.63. The van der Waals surface area contributed by atoms with E-state index in [4.69, 9.17) is 10.9 Å². The van der Waals surface area contributed by atoms with Crippen molar-refractivity contribution in [3.05, 3.63) is 0 Å². The van der Waals surface area contributed by atoms with Crippen LogP contribution in [0.2, 0.25) is 0 Å². The van der Waals surface area contributed by atoms with Crippen LogP contribution in [0, 0.1) is 17.3 Å². The van der Waals surface area contributed by atoms with Gasteiger partial charge in [-0.2, -0.15) is 0 Å². The highest BCUT2D eigenvalue weighted by molar-refractivity contribution is 6.06. The largest absolute Gasteiger partial charge is 0.409 e. The van der Waals surface area contributed by atoms with Gasteiger partial charge in [-0.3, -0.25) is 4.79 Å². The van der Waals surface area contributed by atoms with Crippen LogP contribution in [-0.4, -0.2) is 34.4 Å². The lowest BCUT2D eigenvalue weighted by Crippen LogP contribution is -2.57. The maximum atomic E-state index is 13.0. The molecule has 3 atom stereocenters. The van der Waals surface area contributed by atoms with Gasteiger partial charge in [0.2, 0.25) is 5.91 Å². The quantitative estimate of drug-likeness (QED) is 0.360. The van der Waals surface area contributed by atoms with Gasteiger partial charge in [-0.15, -0.1) is 0 Å². The minimum atomic E-state index is -0.875. The van der Waals surface area contributed by atoms with Crippen LogP contribution in [0.15, 0.2) is 5.16 Å². The van der Waals surface area contributed by atoms with E-state index in [2.05, 4.69) is 25.9 Å². The highest BCUT2D eigenvalue weighted by Crippen LogP contribution is 2.35. The molecule has 0 aromatic carbocycles. The van der Waals surface area contributed by atoms with E-state index in [0.717, 1.165) is 13.0 Å². The number of amidine groups is 1. The molecule has 0 radical (unpaired) electrons. The topological polar surface area (TPSA) is 78.9 Å². The van der Waals surface area contributed by atoms with Crippen LogP contribution in [-0.2, 0) is 4.79 Å². The Morgan fingerprint density at radius 1 is 1.35 bits per heavy atom. The fourth-order valence-electron chi connectivity index (χ4n) is 3.38. The second kappa shape index (κ2) is 6.46. The van der Waals surface area contributed by atoms with Crippen LogP contribution in [0.5, 0.6) is 0 Å². The second-order valence-corrected chi connectivity index (χ2v) is 6.29. The number of piperidine rings is 1. The number of rotatable bonds is 4. The molecule has 20 heavy (non-hydrogen) atoms. The average molecular weight is 283 g/mol. The van der Waals surface area contributed by atoms with Gasteiger partial charge in [-0.25, -0.2) is 0 Å². The van der Waals surface area contributed by atoms with E-state index in [-0.39, 0.29) is 17.8 Å². The summed E-state index contributed by atoms with van der Waals surface area (Å²) < 4.78 is 0. The maximum absolute atomic E-state index is 13.0. The second-order valence-electron chi connectivity index (χ2n) is 6.29. The highest BCUT2D eigenvalue weighted by atomic mass is 16.4. The molecule has 0 aromatic heterocycles. The zero-order chi connectivity index (χ0) is 15.5. The summed E-state index contributed by atoms with van der Waals surface area (Å²) in [6.07, 6.45) is 2.23. The van der Waals surface area contributed by atoms with Crippen molar-refractivity contribution in [1.29, 1.82) is 0 Å². The van der Waals surface area contributed by atoms with E-state index < -0.39 is 5.41 Å². The van der Waals surface area contributed by atoms with Crippen molar-refractivity contribution in [3.63, 3.8) is 0 Å². The molecule has 1 aliphatic rings. The molecule has 0 aliphatic carbocycles. The lowest BCUT2D eigenvalue weighted by atomic mass is 9.77. The minimum absolute atomic E-state index is 0.00343. The summed E-state index contributed by atoms with van der Waals surface area (Å²) in [5.41, 5.74) is 4.97. The molecule has 0 bridgehead atoms. The molecule has 0 aromatic rings. The van der Waals surface area contributed by atoms with Gasteiger partial charge in [0, 0.05) is 12.6 Å². The zero-order valence-corrected chi connectivity index (χ0v) is 13.4. The number of hydrogen-bond donors (Lipinski definition) is 2. The number of nitrogens with two attached hydrogens (primary N) is 1. The van der Waals surface area contributed by atoms with Gasteiger partial charge in [-0.05, 0) is 38.0 Å². The van der Waals surface area contributed by atoms with Crippen molar-refractivity contribution in [1.82, 2.24) is 4.90 Å². The van der Waals surface area contributed by atoms with Crippen molar-refractivity contribution in [2.24, 2.45) is 28.1 Å². The van der Waals surface area contributed by atoms with Gasteiger partial charge >= 0.3 is 0 Å². The monoisotopic (exact) mass is 283 g/mol. The number of nitrogens with zero attached hydrogens (tertiary/aromatic N) is 2. The summed E-state index contributed by atoms with van der Waals surface area (Å²) in [4.78, 5) is 15.0. The van der Waals surface area contributed by atoms with Crippen molar-refractivity contribution < 1.29 is 10.0 Å². The summed E-state index contributed by atoms with van der Waals surface area (Å²) in [6, 6.07) is 0.197. The SMILES string of the molecule is CCC(CC)(C(=O)N1CC(C)CC(C)C1C)C(N)=NO. The Morgan fingerprint density at radius 3 is 2.35 bits per heavy atom. The van der Waals surface area contributed by atoms with Crippen LogP contribution >= 0.6 is 0 Å². The predicted molar refractivity (Wildman–Crippen MR) is 80.5 cm³/mol. The molecule has 1 amide bonds. The Labute approximate surface area is 122 Å². The van der Waals surface area contributed by atoms with E-state index >= 15 is 0 Å². The first-order valence-corrected chi connectivity index (χ1v) is 7.63. The predicted octanol–water partition coefficient (Wildman–Crippen LogP) is 2.43. The minimum Gasteiger partial charge on any atom is -0.409 e. The Hall–Kier alpha value is -1.26. The van der Waals surface area contributed by atoms with Gasteiger partial charge in [-0.1, -0.05) is 32.9 Å². The molecule has 1 saturated heterocycles. The summed E-state index contributed by atoms with van der Waals surface area (Å²) in [6.45, 7) is 11.0. The van der Waals surface area contributed by atoms with Gasteiger partial charge in [0.05, 0.1) is 0 Å². The first-order chi connectivity index (χ1) is 9.33. The number of carbonyl (C=O) groups excluding carboxylic acids is 1. The molecular weight excluding hydrogens is 254 g/mol. The number of oxime groups is 1. The third-order valence-electron chi connectivity index (χ3n) is 5.07. The lowest BCUT2D eigenvalue weighted by molar-refractivity contribution is -0.145. The van der Waals surface area contributed by atoms with Crippen LogP contribution in [0.3, 0.4) is 0 Å². The molecule has 1 aliphatic heterocycles. The molecule has 1 fully saturated rings. The molecular formula is C15H29N3O2. The van der Waals surface area contributed by atoms with Crippen LogP contribution in [0.25, 0.3) is 0 Å². The number of amides is 1. The normalized spacial score (nSPS) is 28.6. The van der Waals surface area contributed by atoms with E-state index in [1.165, 1.54) is 0 Å². The molecule has 3 unspecified atom stereocenters. The smallest absolute Gasteiger partial charge is 0.236 e. The molecule has 0 spiro atoms. The molecule has 5 nitrogen and oxygen atoms in total. The summed E-state index contributed by atoms with van der Waals surface area (Å²) >= 11 is 0. The maximum Gasteiger partial charge on any atom is 0.236 e. The third-order valence-corrected chi connectivity index (χ3v) is 5.07. The van der Waals surface area contributed by atoms with E-state index in [9.17, 15) is 4.79 Å².